The molecule has 3 amide bonds. The smallest absolute Gasteiger partial charge is 0.318 e. The van der Waals surface area contributed by atoms with Crippen molar-refractivity contribution in [1.29, 1.82) is 0 Å². The summed E-state index contributed by atoms with van der Waals surface area (Å²) in [7, 11) is 1.67. The Labute approximate surface area is 100 Å². The molecule has 3 N–H and O–H groups in total. The number of carbonyl (C=O) groups is 3. The summed E-state index contributed by atoms with van der Waals surface area (Å²) in [6.07, 6.45) is 0.193. The lowest BCUT2D eigenvalue weighted by atomic mass is 10.2. The van der Waals surface area contributed by atoms with Gasteiger partial charge in [0, 0.05) is 6.54 Å². The first-order valence-corrected chi connectivity index (χ1v) is 5.34. The average molecular weight is 245 g/mol. The van der Waals surface area contributed by atoms with E-state index in [1.54, 1.807) is 25.8 Å². The number of amides is 3. The van der Waals surface area contributed by atoms with Crippen molar-refractivity contribution in [3.8, 4) is 0 Å². The number of esters is 1. The van der Waals surface area contributed by atoms with E-state index in [1.165, 1.54) is 0 Å². The van der Waals surface area contributed by atoms with Gasteiger partial charge in [0.15, 0.2) is 0 Å². The molecule has 1 unspecified atom stereocenters. The number of carbonyl (C=O) groups excluding carboxylic acids is 3. The lowest BCUT2D eigenvalue weighted by Gasteiger charge is -2.22. The highest BCUT2D eigenvalue weighted by molar-refractivity contribution is 5.96. The Morgan fingerprint density at radius 1 is 1.41 bits per heavy atom. The van der Waals surface area contributed by atoms with Crippen molar-refractivity contribution in [2.45, 2.75) is 26.3 Å². The molecule has 0 heterocycles. The number of hydrogen-bond acceptors (Lipinski definition) is 5. The third-order valence-corrected chi connectivity index (χ3v) is 2.26. The summed E-state index contributed by atoms with van der Waals surface area (Å²) in [5.74, 6) is -0.814. The molecule has 7 heteroatoms. The molecule has 98 valence electrons. The van der Waals surface area contributed by atoms with Crippen LogP contribution in [0.4, 0.5) is 4.79 Å². The lowest BCUT2D eigenvalue weighted by Crippen LogP contribution is -2.47. The van der Waals surface area contributed by atoms with E-state index in [-0.39, 0.29) is 12.4 Å². The summed E-state index contributed by atoms with van der Waals surface area (Å²) in [6, 6.07) is -1.43. The molecule has 0 aliphatic carbocycles. The number of urea groups is 1. The summed E-state index contributed by atoms with van der Waals surface area (Å²) in [6.45, 7) is 4.04. The maximum absolute atomic E-state index is 11.4. The maximum atomic E-state index is 11.4. The maximum Gasteiger partial charge on any atom is 0.318 e. The van der Waals surface area contributed by atoms with E-state index in [9.17, 15) is 14.4 Å². The number of nitrogens with one attached hydrogen (secondary N) is 1. The van der Waals surface area contributed by atoms with Crippen LogP contribution in [0.3, 0.4) is 0 Å². The van der Waals surface area contributed by atoms with Crippen molar-refractivity contribution in [1.82, 2.24) is 10.2 Å². The Hall–Kier alpha value is -1.63. The van der Waals surface area contributed by atoms with E-state index in [2.05, 4.69) is 0 Å². The van der Waals surface area contributed by atoms with Gasteiger partial charge in [-0.25, -0.2) is 4.79 Å². The third-order valence-electron chi connectivity index (χ3n) is 2.26. The first-order valence-electron chi connectivity index (χ1n) is 5.34. The van der Waals surface area contributed by atoms with E-state index in [0.717, 1.165) is 0 Å². The summed E-state index contributed by atoms with van der Waals surface area (Å²) in [4.78, 5) is 34.6. The molecule has 0 aromatic rings. The van der Waals surface area contributed by atoms with Gasteiger partial charge in [0.05, 0.1) is 19.1 Å². The van der Waals surface area contributed by atoms with E-state index in [1.807, 2.05) is 5.32 Å². The minimum Gasteiger partial charge on any atom is -0.466 e. The van der Waals surface area contributed by atoms with Gasteiger partial charge in [0.2, 0.25) is 5.91 Å². The van der Waals surface area contributed by atoms with E-state index < -0.39 is 18.0 Å². The molecule has 0 spiro atoms. The quantitative estimate of drug-likeness (QED) is 0.612. The van der Waals surface area contributed by atoms with Crippen molar-refractivity contribution in [2.24, 2.45) is 5.73 Å². The zero-order chi connectivity index (χ0) is 13.4. The molecular formula is C10H19N3O4. The Bertz CT molecular complexity index is 293. The van der Waals surface area contributed by atoms with Crippen LogP contribution in [-0.2, 0) is 14.3 Å². The topological polar surface area (TPSA) is 102 Å². The number of rotatable bonds is 6. The van der Waals surface area contributed by atoms with Gasteiger partial charge in [-0.2, -0.15) is 0 Å². The van der Waals surface area contributed by atoms with E-state index >= 15 is 0 Å². The highest BCUT2D eigenvalue weighted by Crippen LogP contribution is 1.98. The number of nitrogens with two attached hydrogens (primary N) is 1. The highest BCUT2D eigenvalue weighted by Gasteiger charge is 2.19. The highest BCUT2D eigenvalue weighted by atomic mass is 16.5. The molecule has 0 aromatic carbocycles. The summed E-state index contributed by atoms with van der Waals surface area (Å²) >= 11 is 0. The van der Waals surface area contributed by atoms with Crippen LogP contribution in [0.15, 0.2) is 0 Å². The molecule has 0 fully saturated rings. The Balaban J connectivity index is 4.04. The number of likely N-dealkylation sites (N-methyl/N-ethyl adjacent to an activating group) is 1. The molecule has 7 nitrogen and oxygen atoms in total. The normalized spacial score (nSPS) is 12.0. The van der Waals surface area contributed by atoms with Gasteiger partial charge in [-0.3, -0.25) is 19.8 Å². The minimum atomic E-state index is -0.888. The van der Waals surface area contributed by atoms with Crippen LogP contribution in [-0.4, -0.2) is 49.0 Å². The van der Waals surface area contributed by atoms with Gasteiger partial charge in [-0.1, -0.05) is 0 Å². The molecule has 0 saturated heterocycles. The number of primary amides is 1. The third kappa shape index (κ3) is 6.52. The second kappa shape index (κ2) is 7.61. The Morgan fingerprint density at radius 2 is 2.00 bits per heavy atom. The Morgan fingerprint density at radius 3 is 2.47 bits per heavy atom. The standard InChI is InChI=1S/C10H19N3O4/c1-4-17-8(14)5-6-13(3)7(2)9(15)12-10(11)16/h7H,4-6H2,1-3H3,(H3,11,12,15,16). The molecule has 0 aromatic heterocycles. The number of nitrogens with zero attached hydrogens (tertiary/aromatic N) is 1. The Kier molecular flexibility index (Phi) is 6.88. The van der Waals surface area contributed by atoms with Crippen LogP contribution in [0.5, 0.6) is 0 Å². The molecule has 1 atom stereocenters. The van der Waals surface area contributed by atoms with E-state index in [0.29, 0.717) is 13.2 Å². The first kappa shape index (κ1) is 15.4. The fourth-order valence-electron chi connectivity index (χ4n) is 1.12. The first-order chi connectivity index (χ1) is 7.88. The minimum absolute atomic E-state index is 0.193. The number of hydrogen-bond donors (Lipinski definition) is 2. The van der Waals surface area contributed by atoms with Crippen molar-refractivity contribution in [2.75, 3.05) is 20.2 Å². The molecule has 0 bridgehead atoms. The molecule has 0 saturated carbocycles. The van der Waals surface area contributed by atoms with Gasteiger partial charge < -0.3 is 10.5 Å². The van der Waals surface area contributed by atoms with Crippen LogP contribution in [0.25, 0.3) is 0 Å². The van der Waals surface area contributed by atoms with Crippen LogP contribution in [0, 0.1) is 0 Å². The summed E-state index contributed by atoms with van der Waals surface area (Å²) < 4.78 is 4.76. The summed E-state index contributed by atoms with van der Waals surface area (Å²) in [5, 5.41) is 1.98. The summed E-state index contributed by atoms with van der Waals surface area (Å²) in [5.41, 5.74) is 4.83. The fourth-order valence-corrected chi connectivity index (χ4v) is 1.12. The average Bonchev–Trinajstić information content (AvgIpc) is 2.24. The van der Waals surface area contributed by atoms with Crippen LogP contribution in [0.2, 0.25) is 0 Å². The molecule has 0 rings (SSSR count). The number of ether oxygens (including phenoxy) is 1. The van der Waals surface area contributed by atoms with Crippen molar-refractivity contribution >= 4 is 17.9 Å². The second-order valence-corrected chi connectivity index (χ2v) is 3.57. The molecule has 0 aliphatic heterocycles. The van der Waals surface area contributed by atoms with Gasteiger partial charge in [0.25, 0.3) is 0 Å². The van der Waals surface area contributed by atoms with E-state index in [4.69, 9.17) is 10.5 Å². The van der Waals surface area contributed by atoms with Gasteiger partial charge >= 0.3 is 12.0 Å². The van der Waals surface area contributed by atoms with Crippen molar-refractivity contribution < 1.29 is 19.1 Å². The monoisotopic (exact) mass is 245 g/mol. The van der Waals surface area contributed by atoms with Crippen LogP contribution >= 0.6 is 0 Å². The zero-order valence-corrected chi connectivity index (χ0v) is 10.4. The van der Waals surface area contributed by atoms with Crippen LogP contribution in [0.1, 0.15) is 20.3 Å². The predicted molar refractivity (Wildman–Crippen MR) is 61.1 cm³/mol. The molecule has 0 aliphatic rings. The molecule has 17 heavy (non-hydrogen) atoms. The fraction of sp³-hybridized carbons (Fsp3) is 0.700. The zero-order valence-electron chi connectivity index (χ0n) is 10.4. The predicted octanol–water partition coefficient (Wildman–Crippen LogP) is -0.545. The van der Waals surface area contributed by atoms with Gasteiger partial charge in [-0.15, -0.1) is 0 Å². The van der Waals surface area contributed by atoms with Crippen molar-refractivity contribution in [3.05, 3.63) is 0 Å². The SMILES string of the molecule is CCOC(=O)CCN(C)C(C)C(=O)NC(N)=O. The van der Waals surface area contributed by atoms with Gasteiger partial charge in [-0.05, 0) is 20.9 Å². The van der Waals surface area contributed by atoms with Crippen LogP contribution < -0.4 is 11.1 Å². The molecule has 0 radical (unpaired) electrons. The van der Waals surface area contributed by atoms with Gasteiger partial charge in [0.1, 0.15) is 0 Å². The number of imide groups is 1. The largest absolute Gasteiger partial charge is 0.466 e. The van der Waals surface area contributed by atoms with Crippen molar-refractivity contribution in [3.63, 3.8) is 0 Å². The second-order valence-electron chi connectivity index (χ2n) is 3.57. The lowest BCUT2D eigenvalue weighted by molar-refractivity contribution is -0.143. The molecular weight excluding hydrogens is 226 g/mol.